The molecule has 9 heteroatoms. The molecule has 0 saturated carbocycles. The van der Waals surface area contributed by atoms with Crippen LogP contribution in [0.3, 0.4) is 0 Å². The van der Waals surface area contributed by atoms with Gasteiger partial charge in [0, 0.05) is 43.2 Å². The number of piperidine rings is 1. The predicted molar refractivity (Wildman–Crippen MR) is 92.6 cm³/mol. The first-order valence-electron chi connectivity index (χ1n) is 9.21. The zero-order chi connectivity index (χ0) is 18.6. The highest BCUT2D eigenvalue weighted by Gasteiger charge is 2.51. The number of likely N-dealkylation sites (tertiary alicyclic amines) is 1. The van der Waals surface area contributed by atoms with Crippen molar-refractivity contribution in [2.45, 2.75) is 81.6 Å². The number of rotatable bonds is 4. The molecule has 2 amide bonds. The Morgan fingerprint density at radius 3 is 2.12 bits per heavy atom. The Hall–Kier alpha value is -1.74. The van der Waals surface area contributed by atoms with Crippen molar-refractivity contribution in [2.24, 2.45) is 0 Å². The first-order chi connectivity index (χ1) is 12.3. The fraction of sp³-hybridized carbons (Fsp3) is 0.706. The average molecular weight is 380 g/mol. The number of imide groups is 1. The molecule has 2 bridgehead atoms. The van der Waals surface area contributed by atoms with Crippen molar-refractivity contribution >= 4 is 21.8 Å². The van der Waals surface area contributed by atoms with Crippen molar-refractivity contribution in [3.8, 4) is 0 Å². The maximum absolute atomic E-state index is 13.1. The Balaban J connectivity index is 1.58. The molecule has 1 aromatic heterocycles. The molecule has 0 aliphatic carbocycles. The number of fused-ring (bicyclic) bond motifs is 2. The minimum Gasteiger partial charge on any atom is -0.334 e. The number of carbonyl (C=O) groups excluding carboxylic acids is 2. The minimum atomic E-state index is -3.67. The van der Waals surface area contributed by atoms with E-state index < -0.39 is 10.0 Å². The Morgan fingerprint density at radius 1 is 1.04 bits per heavy atom. The molecule has 0 spiro atoms. The van der Waals surface area contributed by atoms with Crippen LogP contribution in [0.1, 0.15) is 58.4 Å². The number of carbonyl (C=O) groups is 2. The van der Waals surface area contributed by atoms with Crippen molar-refractivity contribution in [1.29, 1.82) is 0 Å². The summed E-state index contributed by atoms with van der Waals surface area (Å²) < 4.78 is 29.7. The molecular formula is C17H24N4O4S. The highest BCUT2D eigenvalue weighted by molar-refractivity contribution is 7.89. The summed E-state index contributed by atoms with van der Waals surface area (Å²) in [6, 6.07) is -0.376. The molecule has 26 heavy (non-hydrogen) atoms. The molecule has 3 aliphatic rings. The zero-order valence-corrected chi connectivity index (χ0v) is 15.9. The minimum absolute atomic E-state index is 0.0786. The molecule has 4 rings (SSSR count). The van der Waals surface area contributed by atoms with E-state index in [4.69, 9.17) is 0 Å². The predicted octanol–water partition coefficient (Wildman–Crippen LogP) is 1.30. The fourth-order valence-corrected chi connectivity index (χ4v) is 6.37. The third-order valence-corrected chi connectivity index (χ3v) is 7.70. The van der Waals surface area contributed by atoms with Crippen molar-refractivity contribution in [1.82, 2.24) is 18.8 Å². The fourth-order valence-electron chi connectivity index (χ4n) is 4.55. The molecule has 3 fully saturated rings. The van der Waals surface area contributed by atoms with Crippen LogP contribution in [0, 0.1) is 0 Å². The van der Waals surface area contributed by atoms with Gasteiger partial charge in [0.2, 0.25) is 11.8 Å². The second-order valence-corrected chi connectivity index (χ2v) is 9.55. The lowest BCUT2D eigenvalue weighted by Crippen LogP contribution is -2.53. The van der Waals surface area contributed by atoms with Gasteiger partial charge in [-0.15, -0.1) is 0 Å². The zero-order valence-electron chi connectivity index (χ0n) is 15.0. The number of nitrogens with zero attached hydrogens (tertiary/aromatic N) is 4. The summed E-state index contributed by atoms with van der Waals surface area (Å²) in [5.74, 6) is -0.238. The quantitative estimate of drug-likeness (QED) is 0.734. The van der Waals surface area contributed by atoms with Crippen LogP contribution >= 0.6 is 0 Å². The van der Waals surface area contributed by atoms with Crippen LogP contribution in [0.4, 0.5) is 0 Å². The Morgan fingerprint density at radius 2 is 1.62 bits per heavy atom. The second kappa shape index (κ2) is 6.16. The first-order valence-corrected chi connectivity index (χ1v) is 10.6. The lowest BCUT2D eigenvalue weighted by Gasteiger charge is -2.40. The first kappa shape index (κ1) is 17.7. The molecule has 8 nitrogen and oxygen atoms in total. The number of hydrogen-bond acceptors (Lipinski definition) is 5. The van der Waals surface area contributed by atoms with Gasteiger partial charge >= 0.3 is 0 Å². The molecule has 0 radical (unpaired) electrons. The van der Waals surface area contributed by atoms with Gasteiger partial charge in [-0.2, -0.15) is 4.31 Å². The maximum Gasteiger partial charge on any atom is 0.262 e. The van der Waals surface area contributed by atoms with Gasteiger partial charge in [-0.1, -0.05) is 0 Å². The summed E-state index contributed by atoms with van der Waals surface area (Å²) in [5, 5.41) is 0.0786. The van der Waals surface area contributed by atoms with Crippen LogP contribution < -0.4 is 0 Å². The van der Waals surface area contributed by atoms with E-state index in [1.165, 1.54) is 4.90 Å². The van der Waals surface area contributed by atoms with Gasteiger partial charge in [-0.05, 0) is 39.5 Å². The number of sulfonamides is 1. The Bertz CT molecular complexity index is 817. The summed E-state index contributed by atoms with van der Waals surface area (Å²) in [6.45, 7) is 3.94. The average Bonchev–Trinajstić information content (AvgIpc) is 3.26. The molecule has 3 saturated heterocycles. The monoisotopic (exact) mass is 380 g/mol. The van der Waals surface area contributed by atoms with Crippen LogP contribution in [0.2, 0.25) is 0 Å². The number of imidazole rings is 1. The summed E-state index contributed by atoms with van der Waals surface area (Å²) in [7, 11) is -3.67. The molecular weight excluding hydrogens is 356 g/mol. The van der Waals surface area contributed by atoms with E-state index in [1.807, 2.05) is 13.8 Å². The van der Waals surface area contributed by atoms with E-state index in [0.717, 1.165) is 12.8 Å². The summed E-state index contributed by atoms with van der Waals surface area (Å²) in [6.07, 6.45) is 6.27. The summed E-state index contributed by atoms with van der Waals surface area (Å²) in [4.78, 5) is 29.6. The van der Waals surface area contributed by atoms with Gasteiger partial charge in [-0.3, -0.25) is 14.5 Å². The number of amides is 2. The lowest BCUT2D eigenvalue weighted by molar-refractivity contribution is -0.142. The van der Waals surface area contributed by atoms with E-state index in [9.17, 15) is 18.0 Å². The van der Waals surface area contributed by atoms with Gasteiger partial charge in [0.1, 0.15) is 0 Å². The molecule has 1 aromatic rings. The largest absolute Gasteiger partial charge is 0.334 e. The molecule has 3 aliphatic heterocycles. The van der Waals surface area contributed by atoms with Crippen molar-refractivity contribution in [3.63, 3.8) is 0 Å². The normalized spacial score (nSPS) is 30.0. The van der Waals surface area contributed by atoms with E-state index >= 15 is 0 Å². The molecule has 4 heterocycles. The van der Waals surface area contributed by atoms with E-state index in [2.05, 4.69) is 4.98 Å². The summed E-state index contributed by atoms with van der Waals surface area (Å²) in [5.41, 5.74) is 0. The molecule has 2 unspecified atom stereocenters. The van der Waals surface area contributed by atoms with Crippen LogP contribution in [0.15, 0.2) is 17.6 Å². The highest BCUT2D eigenvalue weighted by atomic mass is 32.2. The third kappa shape index (κ3) is 2.68. The summed E-state index contributed by atoms with van der Waals surface area (Å²) >= 11 is 0. The molecule has 0 aromatic carbocycles. The van der Waals surface area contributed by atoms with Gasteiger partial charge in [0.25, 0.3) is 10.0 Å². The maximum atomic E-state index is 13.1. The van der Waals surface area contributed by atoms with E-state index in [-0.39, 0.29) is 53.8 Å². The molecule has 2 atom stereocenters. The second-order valence-electron chi connectivity index (χ2n) is 7.76. The number of aromatic nitrogens is 2. The number of hydrogen-bond donors (Lipinski definition) is 0. The Kier molecular flexibility index (Phi) is 4.18. The van der Waals surface area contributed by atoms with Crippen molar-refractivity contribution in [3.05, 3.63) is 12.5 Å². The third-order valence-electron chi connectivity index (χ3n) is 5.81. The van der Waals surface area contributed by atoms with E-state index in [1.54, 1.807) is 21.4 Å². The van der Waals surface area contributed by atoms with Crippen molar-refractivity contribution in [2.75, 3.05) is 0 Å². The Labute approximate surface area is 153 Å². The lowest BCUT2D eigenvalue weighted by atomic mass is 9.98. The van der Waals surface area contributed by atoms with Crippen LogP contribution in [-0.2, 0) is 19.6 Å². The molecule has 0 N–H and O–H groups in total. The van der Waals surface area contributed by atoms with E-state index in [0.29, 0.717) is 12.8 Å². The smallest absolute Gasteiger partial charge is 0.262 e. The van der Waals surface area contributed by atoms with Crippen LogP contribution in [0.25, 0.3) is 0 Å². The van der Waals surface area contributed by atoms with Gasteiger partial charge in [0.15, 0.2) is 5.03 Å². The standard InChI is InChI=1S/C17H24N4O4S/c1-11(2)19-9-15(18-10-19)26(24,25)21-12-3-4-13(21)8-14(7-12)20-16(22)5-6-17(20)23/h9-14H,3-8H2,1-2H3. The van der Waals surface area contributed by atoms with Gasteiger partial charge in [-0.25, -0.2) is 13.4 Å². The molecule has 142 valence electrons. The SMILES string of the molecule is CC(C)n1cnc(S(=O)(=O)N2C3CCC2CC(N2C(=O)CCC2=O)C3)c1. The van der Waals surface area contributed by atoms with Gasteiger partial charge < -0.3 is 4.57 Å². The van der Waals surface area contributed by atoms with Crippen LogP contribution in [0.5, 0.6) is 0 Å². The van der Waals surface area contributed by atoms with Gasteiger partial charge in [0.05, 0.1) is 6.33 Å². The van der Waals surface area contributed by atoms with Crippen LogP contribution in [-0.4, -0.2) is 57.1 Å². The topological polar surface area (TPSA) is 92.6 Å². The highest BCUT2D eigenvalue weighted by Crippen LogP contribution is 2.41. The van der Waals surface area contributed by atoms with Crippen molar-refractivity contribution < 1.29 is 18.0 Å².